The van der Waals surface area contributed by atoms with Crippen LogP contribution in [0.4, 0.5) is 0 Å². The SMILES string of the molecule is CCNC1c2cc(OC)ccc2CC1SC1COC1. The van der Waals surface area contributed by atoms with E-state index in [9.17, 15) is 0 Å². The number of ether oxygens (including phenoxy) is 2. The van der Waals surface area contributed by atoms with E-state index >= 15 is 0 Å². The van der Waals surface area contributed by atoms with Crippen LogP contribution in [-0.2, 0) is 11.2 Å². The molecule has 0 spiro atoms. The molecule has 1 fully saturated rings. The van der Waals surface area contributed by atoms with Gasteiger partial charge in [-0.25, -0.2) is 0 Å². The number of thioether (sulfide) groups is 1. The summed E-state index contributed by atoms with van der Waals surface area (Å²) in [5.41, 5.74) is 2.88. The van der Waals surface area contributed by atoms with Crippen molar-refractivity contribution >= 4 is 11.8 Å². The monoisotopic (exact) mass is 279 g/mol. The number of benzene rings is 1. The minimum Gasteiger partial charge on any atom is -0.497 e. The predicted molar refractivity (Wildman–Crippen MR) is 79.1 cm³/mol. The zero-order chi connectivity index (χ0) is 13.2. The van der Waals surface area contributed by atoms with Crippen LogP contribution in [0.2, 0.25) is 0 Å². The fourth-order valence-electron chi connectivity index (χ4n) is 2.84. The summed E-state index contributed by atoms with van der Waals surface area (Å²) in [5.74, 6) is 0.958. The average Bonchev–Trinajstić information content (AvgIpc) is 2.72. The Labute approximate surface area is 119 Å². The summed E-state index contributed by atoms with van der Waals surface area (Å²) in [5, 5.41) is 4.94. The Morgan fingerprint density at radius 1 is 1.42 bits per heavy atom. The molecule has 0 amide bonds. The van der Waals surface area contributed by atoms with E-state index in [0.29, 0.717) is 16.5 Å². The second kappa shape index (κ2) is 5.73. The zero-order valence-electron chi connectivity index (χ0n) is 11.5. The number of hydrogen-bond donors (Lipinski definition) is 1. The van der Waals surface area contributed by atoms with E-state index in [4.69, 9.17) is 9.47 Å². The molecule has 4 heteroatoms. The van der Waals surface area contributed by atoms with Crippen LogP contribution >= 0.6 is 11.8 Å². The van der Waals surface area contributed by atoms with Gasteiger partial charge in [-0.15, -0.1) is 11.8 Å². The fraction of sp³-hybridized carbons (Fsp3) is 0.600. The van der Waals surface area contributed by atoms with Gasteiger partial charge >= 0.3 is 0 Å². The van der Waals surface area contributed by atoms with E-state index in [1.807, 2.05) is 0 Å². The molecule has 2 aliphatic rings. The van der Waals surface area contributed by atoms with Gasteiger partial charge < -0.3 is 14.8 Å². The van der Waals surface area contributed by atoms with Crippen molar-refractivity contribution < 1.29 is 9.47 Å². The Kier molecular flexibility index (Phi) is 4.01. The summed E-state index contributed by atoms with van der Waals surface area (Å²) in [6, 6.07) is 6.93. The predicted octanol–water partition coefficient (Wildman–Crippen LogP) is 2.40. The second-order valence-electron chi connectivity index (χ2n) is 5.14. The van der Waals surface area contributed by atoms with Gasteiger partial charge in [0.2, 0.25) is 0 Å². The minimum atomic E-state index is 0.445. The van der Waals surface area contributed by atoms with E-state index in [-0.39, 0.29) is 0 Å². The molecule has 1 aliphatic heterocycles. The van der Waals surface area contributed by atoms with Crippen molar-refractivity contribution in [3.8, 4) is 5.75 Å². The molecule has 1 aromatic rings. The Bertz CT molecular complexity index is 448. The van der Waals surface area contributed by atoms with Crippen molar-refractivity contribution in [2.24, 2.45) is 0 Å². The van der Waals surface area contributed by atoms with Gasteiger partial charge in [0.15, 0.2) is 0 Å². The number of methoxy groups -OCH3 is 1. The molecular formula is C15H21NO2S. The largest absolute Gasteiger partial charge is 0.497 e. The van der Waals surface area contributed by atoms with E-state index in [1.165, 1.54) is 11.1 Å². The molecule has 1 saturated heterocycles. The summed E-state index contributed by atoms with van der Waals surface area (Å²) in [6.45, 7) is 5.01. The lowest BCUT2D eigenvalue weighted by Gasteiger charge is -2.30. The Balaban J connectivity index is 1.80. The zero-order valence-corrected chi connectivity index (χ0v) is 12.3. The average molecular weight is 279 g/mol. The van der Waals surface area contributed by atoms with Crippen molar-refractivity contribution in [3.63, 3.8) is 0 Å². The van der Waals surface area contributed by atoms with Crippen LogP contribution in [0.1, 0.15) is 24.1 Å². The molecule has 1 heterocycles. The molecule has 3 nitrogen and oxygen atoms in total. The fourth-order valence-corrected chi connectivity index (χ4v) is 4.36. The number of rotatable bonds is 5. The third-order valence-electron chi connectivity index (χ3n) is 3.88. The van der Waals surface area contributed by atoms with Gasteiger partial charge in [0.25, 0.3) is 0 Å². The first kappa shape index (κ1) is 13.3. The third kappa shape index (κ3) is 2.62. The molecule has 2 unspecified atom stereocenters. The van der Waals surface area contributed by atoms with Crippen LogP contribution in [-0.4, -0.2) is 37.4 Å². The number of hydrogen-bond acceptors (Lipinski definition) is 4. The van der Waals surface area contributed by atoms with E-state index in [2.05, 4.69) is 42.2 Å². The normalized spacial score (nSPS) is 26.0. The molecule has 1 N–H and O–H groups in total. The quantitative estimate of drug-likeness (QED) is 0.896. The molecule has 1 aliphatic carbocycles. The summed E-state index contributed by atoms with van der Waals surface area (Å²) in [4.78, 5) is 0. The van der Waals surface area contributed by atoms with Gasteiger partial charge in [0, 0.05) is 11.3 Å². The van der Waals surface area contributed by atoms with E-state index in [1.54, 1.807) is 7.11 Å². The molecule has 0 saturated carbocycles. The van der Waals surface area contributed by atoms with Gasteiger partial charge in [0.1, 0.15) is 5.75 Å². The Morgan fingerprint density at radius 3 is 2.89 bits per heavy atom. The summed E-state index contributed by atoms with van der Waals surface area (Å²) in [7, 11) is 1.73. The third-order valence-corrected chi connectivity index (χ3v) is 5.33. The van der Waals surface area contributed by atoms with Crippen molar-refractivity contribution in [1.82, 2.24) is 5.32 Å². The van der Waals surface area contributed by atoms with Gasteiger partial charge in [-0.2, -0.15) is 0 Å². The van der Waals surface area contributed by atoms with Gasteiger partial charge in [-0.1, -0.05) is 13.0 Å². The van der Waals surface area contributed by atoms with Crippen molar-refractivity contribution in [3.05, 3.63) is 29.3 Å². The van der Waals surface area contributed by atoms with Gasteiger partial charge in [0.05, 0.1) is 25.6 Å². The summed E-state index contributed by atoms with van der Waals surface area (Å²) in [6.07, 6.45) is 1.15. The topological polar surface area (TPSA) is 30.5 Å². The maximum Gasteiger partial charge on any atom is 0.119 e. The highest BCUT2D eigenvalue weighted by Crippen LogP contribution is 2.42. The molecule has 2 atom stereocenters. The number of nitrogens with one attached hydrogen (secondary N) is 1. The minimum absolute atomic E-state index is 0.445. The van der Waals surface area contributed by atoms with Gasteiger partial charge in [-0.05, 0) is 36.2 Å². The molecule has 104 valence electrons. The van der Waals surface area contributed by atoms with Crippen LogP contribution < -0.4 is 10.1 Å². The maximum atomic E-state index is 5.36. The van der Waals surface area contributed by atoms with Crippen LogP contribution in [0.25, 0.3) is 0 Å². The first-order valence-electron chi connectivity index (χ1n) is 6.95. The van der Waals surface area contributed by atoms with Crippen molar-refractivity contribution in [1.29, 1.82) is 0 Å². The molecule has 3 rings (SSSR count). The first-order valence-corrected chi connectivity index (χ1v) is 7.89. The highest BCUT2D eigenvalue weighted by molar-refractivity contribution is 8.00. The lowest BCUT2D eigenvalue weighted by atomic mass is 10.1. The van der Waals surface area contributed by atoms with Crippen LogP contribution in [0.3, 0.4) is 0 Å². The van der Waals surface area contributed by atoms with Crippen LogP contribution in [0.5, 0.6) is 5.75 Å². The van der Waals surface area contributed by atoms with Crippen LogP contribution in [0, 0.1) is 0 Å². The Morgan fingerprint density at radius 2 is 2.26 bits per heavy atom. The van der Waals surface area contributed by atoms with Crippen LogP contribution in [0.15, 0.2) is 18.2 Å². The van der Waals surface area contributed by atoms with Crippen molar-refractivity contribution in [2.75, 3.05) is 26.9 Å². The molecular weight excluding hydrogens is 258 g/mol. The lowest BCUT2D eigenvalue weighted by molar-refractivity contribution is 0.0452. The van der Waals surface area contributed by atoms with Gasteiger partial charge in [-0.3, -0.25) is 0 Å². The van der Waals surface area contributed by atoms with Crippen molar-refractivity contribution in [2.45, 2.75) is 29.9 Å². The van der Waals surface area contributed by atoms with E-state index in [0.717, 1.165) is 31.9 Å². The maximum absolute atomic E-state index is 5.36. The van der Waals surface area contributed by atoms with E-state index < -0.39 is 0 Å². The second-order valence-corrected chi connectivity index (χ2v) is 6.68. The molecule has 1 aromatic carbocycles. The lowest BCUT2D eigenvalue weighted by Crippen LogP contribution is -2.35. The Hall–Kier alpha value is -0.710. The summed E-state index contributed by atoms with van der Waals surface area (Å²) < 4.78 is 10.7. The molecule has 0 bridgehead atoms. The smallest absolute Gasteiger partial charge is 0.119 e. The number of fused-ring (bicyclic) bond motifs is 1. The highest BCUT2D eigenvalue weighted by Gasteiger charge is 2.35. The highest BCUT2D eigenvalue weighted by atomic mass is 32.2. The molecule has 19 heavy (non-hydrogen) atoms. The standard InChI is InChI=1S/C15H21NO2S/c1-3-16-15-13-7-11(17-2)5-4-10(13)6-14(15)19-12-8-18-9-12/h4-5,7,12,14-16H,3,6,8-9H2,1-2H3. The first-order chi connectivity index (χ1) is 9.31. The molecule has 0 radical (unpaired) electrons. The molecule has 0 aromatic heterocycles. The summed E-state index contributed by atoms with van der Waals surface area (Å²) >= 11 is 2.08.